The van der Waals surface area contributed by atoms with Crippen LogP contribution in [0.5, 0.6) is 0 Å². The van der Waals surface area contributed by atoms with Gasteiger partial charge in [0.2, 0.25) is 0 Å². The lowest BCUT2D eigenvalue weighted by atomic mass is 9.67. The molecule has 12 aromatic carbocycles. The lowest BCUT2D eigenvalue weighted by molar-refractivity contribution is -0.0994. The molecule has 3 saturated heterocycles. The lowest BCUT2D eigenvalue weighted by Gasteiger charge is -2.40. The van der Waals surface area contributed by atoms with Crippen molar-refractivity contribution >= 4 is 69.4 Å². The fraction of sp³-hybridized carbons (Fsp3) is 0.217. The molecule has 12 aromatic rings. The van der Waals surface area contributed by atoms with Crippen molar-refractivity contribution in [3.63, 3.8) is 0 Å². The van der Waals surface area contributed by atoms with Gasteiger partial charge in [-0.05, 0) is 206 Å². The van der Waals surface area contributed by atoms with E-state index in [4.69, 9.17) is 14.2 Å². The minimum absolute atomic E-state index is 0.256. The molecule has 17 rings (SSSR count). The Morgan fingerprint density at radius 3 is 0.870 bits per heavy atom. The number of thioether (sulfide) groups is 3. The molecular weight excluding hydrogens is 1280 g/mol. The molecule has 5 nitrogen and oxygen atoms in total. The molecule has 8 heteroatoms. The van der Waals surface area contributed by atoms with E-state index in [9.17, 15) is 0 Å². The smallest absolute Gasteiger partial charge is 0.0714 e. The molecular formula is C92H82N2O3S3. The van der Waals surface area contributed by atoms with Gasteiger partial charge < -0.3 is 24.0 Å². The van der Waals surface area contributed by atoms with Crippen molar-refractivity contribution in [3.05, 3.63) is 342 Å². The van der Waals surface area contributed by atoms with Gasteiger partial charge in [-0.3, -0.25) is 0 Å². The van der Waals surface area contributed by atoms with Crippen molar-refractivity contribution < 1.29 is 14.2 Å². The summed E-state index contributed by atoms with van der Waals surface area (Å²) in [7, 11) is 0. The van der Waals surface area contributed by atoms with Crippen LogP contribution in [0, 0.1) is 16.2 Å². The number of fused-ring (bicyclic) bond motifs is 6. The van der Waals surface area contributed by atoms with E-state index in [1.807, 2.05) is 35.3 Å². The fourth-order valence-corrected chi connectivity index (χ4v) is 19.7. The third kappa shape index (κ3) is 11.3. The second-order valence-electron chi connectivity index (χ2n) is 28.3. The number of para-hydroxylation sites is 2. The summed E-state index contributed by atoms with van der Waals surface area (Å²) in [6.07, 6.45) is 3.39. The lowest BCUT2D eigenvalue weighted by Crippen LogP contribution is -2.44. The van der Waals surface area contributed by atoms with Crippen molar-refractivity contribution in [1.82, 2.24) is 0 Å². The summed E-state index contributed by atoms with van der Waals surface area (Å²) in [6, 6.07) is 112. The van der Waals surface area contributed by atoms with E-state index in [0.29, 0.717) is 0 Å². The summed E-state index contributed by atoms with van der Waals surface area (Å²) in [5.74, 6) is 3.18. The Balaban J connectivity index is 0.717. The zero-order valence-electron chi connectivity index (χ0n) is 57.1. The summed E-state index contributed by atoms with van der Waals surface area (Å²) in [5.41, 5.74) is 23.7. The minimum Gasteiger partial charge on any atom is -0.380 e. The zero-order valence-corrected chi connectivity index (χ0v) is 59.6. The standard InChI is InChI=1S/C92H82N2O3S3/c1-4-88(56-95-57-88)62-98-77-46-34-68(35-47-77)91(67-20-10-7-11-21-67)84-28-18-16-26-80(84)82-52-44-75(54-86(82)91)93(71-22-12-8-13-23-71)73-40-30-65(31-41-73)66-32-42-74(43-33-66)94(72-24-14-9-15-25-72)76-45-53-83-81-27-17-19-29-85(81)92(87(83)55-76,69-36-48-78(49-37-69)99-63-89(5-2)58-96-59-89)70-38-50-79(51-39-70)100-64-90(6-3)60-97-61-90/h7-55H,4-6,56-64H2,1-3H3. The Hall–Kier alpha value is -8.83. The number of hydrogen-bond acceptors (Lipinski definition) is 8. The van der Waals surface area contributed by atoms with E-state index in [1.54, 1.807) is 0 Å². The molecule has 0 bridgehead atoms. The minimum atomic E-state index is -0.600. The van der Waals surface area contributed by atoms with Gasteiger partial charge in [0.1, 0.15) is 0 Å². The predicted molar refractivity (Wildman–Crippen MR) is 419 cm³/mol. The first-order chi connectivity index (χ1) is 49.2. The Morgan fingerprint density at radius 1 is 0.270 bits per heavy atom. The van der Waals surface area contributed by atoms with Gasteiger partial charge in [0.05, 0.1) is 50.5 Å². The van der Waals surface area contributed by atoms with Gasteiger partial charge in [-0.2, -0.15) is 0 Å². The first-order valence-electron chi connectivity index (χ1n) is 35.6. The average Bonchev–Trinajstić information content (AvgIpc) is 1.54. The number of nitrogens with zero attached hydrogens (tertiary/aromatic N) is 2. The molecule has 0 saturated carbocycles. The Kier molecular flexibility index (Phi) is 17.4. The van der Waals surface area contributed by atoms with Gasteiger partial charge in [0, 0.05) is 82.3 Å². The zero-order chi connectivity index (χ0) is 67.3. The molecule has 0 spiro atoms. The summed E-state index contributed by atoms with van der Waals surface area (Å²) < 4.78 is 17.2. The van der Waals surface area contributed by atoms with Crippen molar-refractivity contribution in [2.45, 2.75) is 65.6 Å². The van der Waals surface area contributed by atoms with Crippen LogP contribution in [0.1, 0.15) is 84.5 Å². The monoisotopic (exact) mass is 1360 g/mol. The van der Waals surface area contributed by atoms with Crippen LogP contribution < -0.4 is 9.80 Å². The van der Waals surface area contributed by atoms with E-state index in [0.717, 1.165) is 121 Å². The Labute approximate surface area is 603 Å². The van der Waals surface area contributed by atoms with Crippen molar-refractivity contribution in [2.24, 2.45) is 16.2 Å². The highest BCUT2D eigenvalue weighted by Crippen LogP contribution is 2.60. The van der Waals surface area contributed by atoms with Gasteiger partial charge in [-0.1, -0.05) is 209 Å². The topological polar surface area (TPSA) is 34.2 Å². The van der Waals surface area contributed by atoms with Crippen LogP contribution in [0.25, 0.3) is 33.4 Å². The van der Waals surface area contributed by atoms with Gasteiger partial charge in [-0.15, -0.1) is 35.3 Å². The Morgan fingerprint density at radius 2 is 0.550 bits per heavy atom. The molecule has 5 aliphatic rings. The van der Waals surface area contributed by atoms with Crippen LogP contribution in [0.3, 0.4) is 0 Å². The van der Waals surface area contributed by atoms with E-state index in [2.05, 4.69) is 328 Å². The number of ether oxygens (including phenoxy) is 3. The average molecular weight is 1360 g/mol. The van der Waals surface area contributed by atoms with Crippen LogP contribution in [-0.2, 0) is 25.0 Å². The predicted octanol–water partition coefficient (Wildman–Crippen LogP) is 23.6. The van der Waals surface area contributed by atoms with Crippen molar-refractivity contribution in [3.8, 4) is 33.4 Å². The van der Waals surface area contributed by atoms with E-state index in [-0.39, 0.29) is 16.2 Å². The van der Waals surface area contributed by atoms with Crippen molar-refractivity contribution in [2.75, 3.05) is 66.7 Å². The van der Waals surface area contributed by atoms with E-state index in [1.165, 1.54) is 81.4 Å². The highest BCUT2D eigenvalue weighted by molar-refractivity contribution is 7.99. The molecule has 3 heterocycles. The molecule has 3 aliphatic heterocycles. The number of hydrogen-bond donors (Lipinski definition) is 0. The molecule has 2 aliphatic carbocycles. The van der Waals surface area contributed by atoms with E-state index < -0.39 is 10.8 Å². The van der Waals surface area contributed by atoms with Crippen molar-refractivity contribution in [1.29, 1.82) is 0 Å². The quantitative estimate of drug-likeness (QED) is 0.0586. The molecule has 3 fully saturated rings. The van der Waals surface area contributed by atoms with Crippen LogP contribution in [0.15, 0.2) is 312 Å². The third-order valence-corrected chi connectivity index (χ3v) is 26.7. The maximum atomic E-state index is 5.75. The normalized spacial score (nSPS) is 17.5. The maximum Gasteiger partial charge on any atom is 0.0714 e. The summed E-state index contributed by atoms with van der Waals surface area (Å²) in [6.45, 7) is 12.0. The number of benzene rings is 12. The molecule has 1 unspecified atom stereocenters. The van der Waals surface area contributed by atoms with Gasteiger partial charge in [0.15, 0.2) is 0 Å². The highest BCUT2D eigenvalue weighted by atomic mass is 32.2. The van der Waals surface area contributed by atoms with Crippen LogP contribution >= 0.6 is 35.3 Å². The number of anilines is 6. The molecule has 1 atom stereocenters. The van der Waals surface area contributed by atoms with Crippen LogP contribution in [0.2, 0.25) is 0 Å². The van der Waals surface area contributed by atoms with Gasteiger partial charge in [-0.25, -0.2) is 0 Å². The maximum absolute atomic E-state index is 5.75. The SMILES string of the molecule is CCC1(CSc2ccc(C3(c4ccccc4)c4ccccc4-c4ccc(N(c5ccccc5)c5ccc(-c6ccc(N(c7ccccc7)c7ccc8c(c7)C(c7ccc(SCC9(CC)COC9)cc7)(c7ccc(SCC9(CC)COC9)cc7)c7ccccc7-8)cc6)cc5)cc43)cc2)COC1. The second-order valence-corrected chi connectivity index (χ2v) is 31.5. The third-order valence-electron chi connectivity index (χ3n) is 22.6. The Bertz CT molecular complexity index is 4800. The first kappa shape index (κ1) is 64.5. The van der Waals surface area contributed by atoms with E-state index >= 15 is 0 Å². The first-order valence-corrected chi connectivity index (χ1v) is 38.6. The molecule has 496 valence electrons. The molecule has 0 amide bonds. The van der Waals surface area contributed by atoms with Crippen LogP contribution in [-0.4, -0.2) is 56.9 Å². The molecule has 0 N–H and O–H groups in total. The molecule has 100 heavy (non-hydrogen) atoms. The summed E-state index contributed by atoms with van der Waals surface area (Å²) >= 11 is 5.89. The van der Waals surface area contributed by atoms with Gasteiger partial charge >= 0.3 is 0 Å². The fourth-order valence-electron chi connectivity index (χ4n) is 16.2. The van der Waals surface area contributed by atoms with Crippen LogP contribution in [0.4, 0.5) is 34.1 Å². The van der Waals surface area contributed by atoms with Gasteiger partial charge in [0.25, 0.3) is 0 Å². The largest absolute Gasteiger partial charge is 0.380 e. The molecule has 0 aromatic heterocycles. The second kappa shape index (κ2) is 26.9. The summed E-state index contributed by atoms with van der Waals surface area (Å²) in [5, 5.41) is 0. The molecule has 0 radical (unpaired) electrons. The highest BCUT2D eigenvalue weighted by Gasteiger charge is 2.49. The summed E-state index contributed by atoms with van der Waals surface area (Å²) in [4.78, 5) is 8.73. The number of rotatable bonds is 23.